The van der Waals surface area contributed by atoms with E-state index >= 15 is 0 Å². The first-order chi connectivity index (χ1) is 9.60. The van der Waals surface area contributed by atoms with Crippen molar-refractivity contribution in [1.82, 2.24) is 5.32 Å². The third kappa shape index (κ3) is 2.76. The lowest BCUT2D eigenvalue weighted by atomic mass is 10.0. The molecule has 1 unspecified atom stereocenters. The molecule has 1 heterocycles. The van der Waals surface area contributed by atoms with Crippen molar-refractivity contribution in [3.63, 3.8) is 0 Å². The van der Waals surface area contributed by atoms with Crippen molar-refractivity contribution in [2.75, 3.05) is 21.3 Å². The van der Waals surface area contributed by atoms with Crippen molar-refractivity contribution in [3.05, 3.63) is 46.4 Å². The molecule has 4 nitrogen and oxygen atoms in total. The summed E-state index contributed by atoms with van der Waals surface area (Å²) in [4.78, 5) is 0. The molecule has 0 aliphatic heterocycles. The molecule has 0 bridgehead atoms. The van der Waals surface area contributed by atoms with E-state index in [1.54, 1.807) is 20.3 Å². The number of ether oxygens (including phenoxy) is 2. The van der Waals surface area contributed by atoms with Gasteiger partial charge >= 0.3 is 0 Å². The fraction of sp³-hybridized carbons (Fsp3) is 0.333. The van der Waals surface area contributed by atoms with Crippen LogP contribution >= 0.6 is 11.6 Å². The van der Waals surface area contributed by atoms with Gasteiger partial charge in [0.2, 0.25) is 0 Å². The molecule has 0 aliphatic carbocycles. The van der Waals surface area contributed by atoms with Gasteiger partial charge in [-0.25, -0.2) is 0 Å². The number of halogens is 1. The molecule has 5 heteroatoms. The Morgan fingerprint density at radius 3 is 2.30 bits per heavy atom. The van der Waals surface area contributed by atoms with E-state index in [-0.39, 0.29) is 6.04 Å². The van der Waals surface area contributed by atoms with Gasteiger partial charge in [-0.15, -0.1) is 0 Å². The standard InChI is InChI=1S/C15H18ClNO3/c1-9-5-6-12(20-9)15(17-2)10-7-13(18-3)14(19-4)8-11(10)16/h5-8,15,17H,1-4H3. The SMILES string of the molecule is CNC(c1ccc(C)o1)c1cc(OC)c(OC)cc1Cl. The second-order valence-corrected chi connectivity index (χ2v) is 4.81. The van der Waals surface area contributed by atoms with Gasteiger partial charge in [0.25, 0.3) is 0 Å². The van der Waals surface area contributed by atoms with Crippen molar-refractivity contribution < 1.29 is 13.9 Å². The molecular weight excluding hydrogens is 278 g/mol. The minimum Gasteiger partial charge on any atom is -0.493 e. The average molecular weight is 296 g/mol. The maximum atomic E-state index is 6.35. The number of methoxy groups -OCH3 is 2. The van der Waals surface area contributed by atoms with Crippen LogP contribution in [0.1, 0.15) is 23.1 Å². The number of benzene rings is 1. The van der Waals surface area contributed by atoms with Crippen LogP contribution in [0.4, 0.5) is 0 Å². The van der Waals surface area contributed by atoms with Gasteiger partial charge in [-0.2, -0.15) is 0 Å². The summed E-state index contributed by atoms with van der Waals surface area (Å²) in [5.41, 5.74) is 0.876. The summed E-state index contributed by atoms with van der Waals surface area (Å²) < 4.78 is 16.3. The topological polar surface area (TPSA) is 43.6 Å². The molecule has 1 N–H and O–H groups in total. The van der Waals surface area contributed by atoms with Crippen molar-refractivity contribution >= 4 is 11.6 Å². The molecular formula is C15H18ClNO3. The van der Waals surface area contributed by atoms with Gasteiger partial charge in [0, 0.05) is 11.1 Å². The smallest absolute Gasteiger partial charge is 0.162 e. The summed E-state index contributed by atoms with van der Waals surface area (Å²) in [5, 5.41) is 3.80. The zero-order valence-electron chi connectivity index (χ0n) is 12.0. The summed E-state index contributed by atoms with van der Waals surface area (Å²) >= 11 is 6.35. The molecule has 1 atom stereocenters. The summed E-state index contributed by atoms with van der Waals surface area (Å²) in [7, 11) is 5.04. The third-order valence-corrected chi connectivity index (χ3v) is 3.48. The van der Waals surface area contributed by atoms with E-state index in [1.165, 1.54) is 0 Å². The largest absolute Gasteiger partial charge is 0.493 e. The number of rotatable bonds is 5. The Kier molecular flexibility index (Phi) is 4.57. The highest BCUT2D eigenvalue weighted by atomic mass is 35.5. The normalized spacial score (nSPS) is 12.2. The number of hydrogen-bond donors (Lipinski definition) is 1. The number of hydrogen-bond acceptors (Lipinski definition) is 4. The molecule has 0 fully saturated rings. The highest BCUT2D eigenvalue weighted by Gasteiger charge is 2.21. The van der Waals surface area contributed by atoms with Crippen molar-refractivity contribution in [2.45, 2.75) is 13.0 Å². The highest BCUT2D eigenvalue weighted by molar-refractivity contribution is 6.31. The number of aryl methyl sites for hydroxylation is 1. The van der Waals surface area contributed by atoms with E-state index in [0.717, 1.165) is 17.1 Å². The molecule has 1 aromatic carbocycles. The third-order valence-electron chi connectivity index (χ3n) is 3.15. The predicted molar refractivity (Wildman–Crippen MR) is 78.9 cm³/mol. The first kappa shape index (κ1) is 14.8. The Hall–Kier alpha value is -1.65. The van der Waals surface area contributed by atoms with E-state index in [1.807, 2.05) is 32.2 Å². The summed E-state index contributed by atoms with van der Waals surface area (Å²) in [6.45, 7) is 1.91. The van der Waals surface area contributed by atoms with Gasteiger partial charge in [-0.05, 0) is 37.7 Å². The second kappa shape index (κ2) is 6.20. The molecule has 2 rings (SSSR count). The molecule has 0 radical (unpaired) electrons. The van der Waals surface area contributed by atoms with Gasteiger partial charge < -0.3 is 19.2 Å². The fourth-order valence-electron chi connectivity index (χ4n) is 2.15. The molecule has 1 aromatic heterocycles. The molecule has 0 saturated carbocycles. The zero-order chi connectivity index (χ0) is 14.7. The summed E-state index contributed by atoms with van der Waals surface area (Å²) in [5.74, 6) is 2.90. The first-order valence-electron chi connectivity index (χ1n) is 6.25. The molecule has 0 aliphatic rings. The van der Waals surface area contributed by atoms with Crippen LogP contribution in [0, 0.1) is 6.92 Å². The summed E-state index contributed by atoms with van der Waals surface area (Å²) in [6.07, 6.45) is 0. The van der Waals surface area contributed by atoms with Gasteiger partial charge in [0.05, 0.1) is 20.3 Å². The maximum Gasteiger partial charge on any atom is 0.162 e. The lowest BCUT2D eigenvalue weighted by Gasteiger charge is -2.18. The number of furan rings is 1. The van der Waals surface area contributed by atoms with Crippen LogP contribution in [-0.4, -0.2) is 21.3 Å². The van der Waals surface area contributed by atoms with Crippen molar-refractivity contribution in [2.24, 2.45) is 0 Å². The van der Waals surface area contributed by atoms with Crippen LogP contribution in [0.25, 0.3) is 0 Å². The van der Waals surface area contributed by atoms with E-state index in [4.69, 9.17) is 25.5 Å². The Morgan fingerprint density at radius 2 is 1.80 bits per heavy atom. The van der Waals surface area contributed by atoms with Crippen LogP contribution < -0.4 is 14.8 Å². The summed E-state index contributed by atoms with van der Waals surface area (Å²) in [6, 6.07) is 7.32. The van der Waals surface area contributed by atoms with Crippen LogP contribution in [0.2, 0.25) is 5.02 Å². The number of nitrogens with one attached hydrogen (secondary N) is 1. The van der Waals surface area contributed by atoms with E-state index in [2.05, 4.69) is 5.32 Å². The molecule has 20 heavy (non-hydrogen) atoms. The quantitative estimate of drug-likeness (QED) is 0.916. The monoisotopic (exact) mass is 295 g/mol. The average Bonchev–Trinajstić information content (AvgIpc) is 2.87. The molecule has 2 aromatic rings. The van der Waals surface area contributed by atoms with Crippen molar-refractivity contribution in [3.8, 4) is 11.5 Å². The van der Waals surface area contributed by atoms with Gasteiger partial charge in [0.1, 0.15) is 11.5 Å². The first-order valence-corrected chi connectivity index (χ1v) is 6.63. The van der Waals surface area contributed by atoms with Gasteiger partial charge in [0.15, 0.2) is 11.5 Å². The highest BCUT2D eigenvalue weighted by Crippen LogP contribution is 2.37. The van der Waals surface area contributed by atoms with Crippen molar-refractivity contribution in [1.29, 1.82) is 0 Å². The molecule has 0 amide bonds. The minimum absolute atomic E-state index is 0.143. The maximum absolute atomic E-state index is 6.35. The second-order valence-electron chi connectivity index (χ2n) is 4.40. The molecule has 108 valence electrons. The van der Waals surface area contributed by atoms with E-state index in [9.17, 15) is 0 Å². The Bertz CT molecular complexity index is 595. The van der Waals surface area contributed by atoms with E-state index in [0.29, 0.717) is 16.5 Å². The van der Waals surface area contributed by atoms with E-state index < -0.39 is 0 Å². The van der Waals surface area contributed by atoms with Crippen LogP contribution in [0.3, 0.4) is 0 Å². The minimum atomic E-state index is -0.143. The Morgan fingerprint density at radius 1 is 1.15 bits per heavy atom. The van der Waals surface area contributed by atoms with Crippen LogP contribution in [0.5, 0.6) is 11.5 Å². The van der Waals surface area contributed by atoms with Gasteiger partial charge in [-0.3, -0.25) is 0 Å². The molecule has 0 spiro atoms. The lowest BCUT2D eigenvalue weighted by Crippen LogP contribution is -2.17. The Labute approximate surface area is 123 Å². The van der Waals surface area contributed by atoms with Crippen LogP contribution in [0.15, 0.2) is 28.7 Å². The fourth-order valence-corrected chi connectivity index (χ4v) is 2.41. The zero-order valence-corrected chi connectivity index (χ0v) is 12.7. The van der Waals surface area contributed by atoms with Crippen LogP contribution in [-0.2, 0) is 0 Å². The lowest BCUT2D eigenvalue weighted by molar-refractivity contribution is 0.353. The predicted octanol–water partition coefficient (Wildman–Crippen LogP) is 3.57. The Balaban J connectivity index is 2.49. The molecule has 0 saturated heterocycles. The van der Waals surface area contributed by atoms with Gasteiger partial charge in [-0.1, -0.05) is 11.6 Å².